The first-order valence-corrected chi connectivity index (χ1v) is 9.84. The first kappa shape index (κ1) is 18.9. The van der Waals surface area contributed by atoms with E-state index >= 15 is 0 Å². The molecule has 0 fully saturated rings. The number of benzene rings is 2. The third-order valence-electron chi connectivity index (χ3n) is 3.18. The normalized spacial score (nSPS) is 11.8. The summed E-state index contributed by atoms with van der Waals surface area (Å²) in [6.07, 6.45) is 0. The Kier molecular flexibility index (Phi) is 5.45. The molecular formula is C15H16N2O6S2. The average molecular weight is 384 g/mol. The van der Waals surface area contributed by atoms with Crippen molar-refractivity contribution in [3.05, 3.63) is 54.1 Å². The van der Waals surface area contributed by atoms with Gasteiger partial charge in [-0.05, 0) is 43.3 Å². The zero-order valence-electron chi connectivity index (χ0n) is 13.4. The lowest BCUT2D eigenvalue weighted by Gasteiger charge is -2.09. The second-order valence-electron chi connectivity index (χ2n) is 5.02. The van der Waals surface area contributed by atoms with Crippen molar-refractivity contribution in [2.24, 2.45) is 0 Å². The number of nitrogens with one attached hydrogen (secondary N) is 2. The van der Waals surface area contributed by atoms with E-state index in [-0.39, 0.29) is 15.5 Å². The van der Waals surface area contributed by atoms with Crippen molar-refractivity contribution in [2.75, 3.05) is 12.4 Å². The van der Waals surface area contributed by atoms with Gasteiger partial charge in [0.25, 0.3) is 20.1 Å². The molecule has 2 amide bonds. The van der Waals surface area contributed by atoms with Crippen LogP contribution in [-0.2, 0) is 24.3 Å². The van der Waals surface area contributed by atoms with Gasteiger partial charge in [-0.3, -0.25) is 4.18 Å². The summed E-state index contributed by atoms with van der Waals surface area (Å²) in [4.78, 5) is 11.7. The largest absolute Gasteiger partial charge is 0.333 e. The van der Waals surface area contributed by atoms with E-state index in [4.69, 9.17) is 0 Å². The molecule has 2 rings (SSSR count). The fourth-order valence-electron chi connectivity index (χ4n) is 1.86. The number of carbonyl (C=O) groups is 1. The quantitative estimate of drug-likeness (QED) is 0.759. The number of carbonyl (C=O) groups excluding carboxylic acids is 1. The van der Waals surface area contributed by atoms with Crippen LogP contribution < -0.4 is 10.0 Å². The Morgan fingerprint density at radius 3 is 1.92 bits per heavy atom. The smallest absolute Gasteiger partial charge is 0.307 e. The van der Waals surface area contributed by atoms with Crippen LogP contribution in [0.5, 0.6) is 0 Å². The molecule has 0 aliphatic rings. The first-order chi connectivity index (χ1) is 11.6. The Morgan fingerprint density at radius 1 is 0.880 bits per heavy atom. The van der Waals surface area contributed by atoms with Gasteiger partial charge in [0.1, 0.15) is 0 Å². The molecule has 2 aromatic carbocycles. The van der Waals surface area contributed by atoms with E-state index in [1.807, 2.05) is 11.6 Å². The molecule has 0 radical (unpaired) electrons. The molecule has 0 spiro atoms. The average Bonchev–Trinajstić information content (AvgIpc) is 2.55. The summed E-state index contributed by atoms with van der Waals surface area (Å²) >= 11 is 0. The van der Waals surface area contributed by atoms with Crippen LogP contribution in [0, 0.1) is 6.92 Å². The minimum absolute atomic E-state index is 0.0465. The summed E-state index contributed by atoms with van der Waals surface area (Å²) in [5, 5.41) is 2.31. The van der Waals surface area contributed by atoms with Gasteiger partial charge in [-0.25, -0.2) is 17.9 Å². The van der Waals surface area contributed by atoms with E-state index < -0.39 is 26.2 Å². The zero-order valence-corrected chi connectivity index (χ0v) is 15.0. The lowest BCUT2D eigenvalue weighted by atomic mass is 10.2. The van der Waals surface area contributed by atoms with Crippen molar-refractivity contribution in [1.82, 2.24) is 4.72 Å². The maximum atomic E-state index is 12.1. The van der Waals surface area contributed by atoms with Crippen LogP contribution in [0.15, 0.2) is 58.3 Å². The second-order valence-corrected chi connectivity index (χ2v) is 8.41. The number of urea groups is 1. The summed E-state index contributed by atoms with van der Waals surface area (Å²) in [6.45, 7) is 1.81. The van der Waals surface area contributed by atoms with E-state index in [1.54, 1.807) is 12.1 Å². The molecule has 10 heteroatoms. The van der Waals surface area contributed by atoms with Gasteiger partial charge >= 0.3 is 6.03 Å². The summed E-state index contributed by atoms with van der Waals surface area (Å²) in [6, 6.07) is 10.1. The van der Waals surface area contributed by atoms with Gasteiger partial charge in [0.05, 0.1) is 16.9 Å². The number of rotatable bonds is 5. The third-order valence-corrected chi connectivity index (χ3v) is 5.81. The molecule has 0 unspecified atom stereocenters. The molecule has 25 heavy (non-hydrogen) atoms. The van der Waals surface area contributed by atoms with E-state index in [1.165, 1.54) is 36.4 Å². The molecule has 0 saturated heterocycles. The Bertz CT molecular complexity index is 966. The van der Waals surface area contributed by atoms with Gasteiger partial charge in [0.2, 0.25) is 0 Å². The molecule has 0 heterocycles. The molecule has 134 valence electrons. The summed E-state index contributed by atoms with van der Waals surface area (Å²) in [5.74, 6) is 0. The van der Waals surface area contributed by atoms with Crippen LogP contribution in [0.4, 0.5) is 10.5 Å². The van der Waals surface area contributed by atoms with Crippen LogP contribution >= 0.6 is 0 Å². The van der Waals surface area contributed by atoms with Crippen molar-refractivity contribution in [3.63, 3.8) is 0 Å². The van der Waals surface area contributed by atoms with E-state index in [9.17, 15) is 21.6 Å². The first-order valence-electron chi connectivity index (χ1n) is 6.95. The van der Waals surface area contributed by atoms with Gasteiger partial charge in [-0.15, -0.1) is 0 Å². The summed E-state index contributed by atoms with van der Waals surface area (Å²) < 4.78 is 53.4. The standard InChI is InChI=1S/C15H16N2O6S2/c1-11-3-7-13(8-4-11)24(19,20)17-15(18)16-12-5-9-14(10-6-12)25(21,22)23-2/h3-10H,1-2H3,(H2,16,17,18). The van der Waals surface area contributed by atoms with Crippen LogP contribution in [-0.4, -0.2) is 30.0 Å². The zero-order chi connectivity index (χ0) is 18.7. The van der Waals surface area contributed by atoms with Crippen molar-refractivity contribution in [3.8, 4) is 0 Å². The number of aryl methyl sites for hydroxylation is 1. The minimum atomic E-state index is -4.01. The Balaban J connectivity index is 2.08. The molecule has 0 saturated carbocycles. The molecule has 0 aliphatic carbocycles. The molecule has 8 nitrogen and oxygen atoms in total. The second kappa shape index (κ2) is 7.21. The molecule has 0 bridgehead atoms. The maximum absolute atomic E-state index is 12.1. The highest BCUT2D eigenvalue weighted by atomic mass is 32.2. The summed E-state index contributed by atoms with van der Waals surface area (Å²) in [5.41, 5.74) is 1.10. The number of hydrogen-bond donors (Lipinski definition) is 2. The number of anilines is 1. The molecular weight excluding hydrogens is 368 g/mol. The van der Waals surface area contributed by atoms with Gasteiger partial charge in [-0.1, -0.05) is 17.7 Å². The monoisotopic (exact) mass is 384 g/mol. The predicted molar refractivity (Wildman–Crippen MR) is 91.2 cm³/mol. The van der Waals surface area contributed by atoms with Gasteiger partial charge in [-0.2, -0.15) is 8.42 Å². The lowest BCUT2D eigenvalue weighted by Crippen LogP contribution is -2.34. The van der Waals surface area contributed by atoms with E-state index in [0.717, 1.165) is 12.7 Å². The third kappa shape index (κ3) is 4.78. The highest BCUT2D eigenvalue weighted by molar-refractivity contribution is 7.90. The van der Waals surface area contributed by atoms with Crippen LogP contribution in [0.25, 0.3) is 0 Å². The number of hydrogen-bond acceptors (Lipinski definition) is 6. The minimum Gasteiger partial charge on any atom is -0.307 e. The fourth-order valence-corrected chi connectivity index (χ4v) is 3.43. The number of sulfonamides is 1. The molecule has 0 atom stereocenters. The fraction of sp³-hybridized carbons (Fsp3) is 0.133. The van der Waals surface area contributed by atoms with Crippen molar-refractivity contribution >= 4 is 31.9 Å². The van der Waals surface area contributed by atoms with Gasteiger partial charge < -0.3 is 5.32 Å². The highest BCUT2D eigenvalue weighted by Gasteiger charge is 2.18. The highest BCUT2D eigenvalue weighted by Crippen LogP contribution is 2.16. The maximum Gasteiger partial charge on any atom is 0.333 e. The Hall–Kier alpha value is -2.43. The van der Waals surface area contributed by atoms with Crippen LogP contribution in [0.1, 0.15) is 5.56 Å². The van der Waals surface area contributed by atoms with Crippen molar-refractivity contribution < 1.29 is 25.8 Å². The van der Waals surface area contributed by atoms with Crippen LogP contribution in [0.2, 0.25) is 0 Å². The SMILES string of the molecule is COS(=O)(=O)c1ccc(NC(=O)NS(=O)(=O)c2ccc(C)cc2)cc1. The summed E-state index contributed by atoms with van der Waals surface area (Å²) in [7, 11) is -6.81. The predicted octanol–water partition coefficient (Wildman–Crippen LogP) is 1.84. The van der Waals surface area contributed by atoms with Crippen LogP contribution in [0.3, 0.4) is 0 Å². The van der Waals surface area contributed by atoms with Gasteiger partial charge in [0, 0.05) is 5.69 Å². The van der Waals surface area contributed by atoms with Crippen molar-refractivity contribution in [1.29, 1.82) is 0 Å². The molecule has 0 aromatic heterocycles. The lowest BCUT2D eigenvalue weighted by molar-refractivity contribution is 0.256. The van der Waals surface area contributed by atoms with Gasteiger partial charge in [0.15, 0.2) is 0 Å². The Morgan fingerprint density at radius 2 is 1.40 bits per heavy atom. The Labute approximate surface area is 146 Å². The molecule has 2 aromatic rings. The number of amides is 2. The van der Waals surface area contributed by atoms with Crippen molar-refractivity contribution in [2.45, 2.75) is 16.7 Å². The topological polar surface area (TPSA) is 119 Å². The van der Waals surface area contributed by atoms with E-state index in [2.05, 4.69) is 9.50 Å². The molecule has 2 N–H and O–H groups in total. The molecule has 0 aliphatic heterocycles. The van der Waals surface area contributed by atoms with E-state index in [0.29, 0.717) is 0 Å².